The van der Waals surface area contributed by atoms with Crippen molar-refractivity contribution in [2.24, 2.45) is 0 Å². The largest absolute Gasteiger partial charge is 0.326 e. The molecule has 1 aliphatic heterocycles. The Morgan fingerprint density at radius 1 is 0.969 bits per heavy atom. The van der Waals surface area contributed by atoms with Crippen molar-refractivity contribution in [2.45, 2.75) is 32.4 Å². The summed E-state index contributed by atoms with van der Waals surface area (Å²) in [4.78, 5) is 30.0. The van der Waals surface area contributed by atoms with Gasteiger partial charge in [0, 0.05) is 38.8 Å². The molecule has 4 rings (SSSR count). The minimum atomic E-state index is -0.953. The Bertz CT molecular complexity index is 1180. The predicted molar refractivity (Wildman–Crippen MR) is 125 cm³/mol. The number of amides is 2. The zero-order valence-corrected chi connectivity index (χ0v) is 18.9. The average Bonchev–Trinajstić information content (AvgIpc) is 3.29. The second-order valence-corrected chi connectivity index (χ2v) is 8.31. The summed E-state index contributed by atoms with van der Waals surface area (Å²) in [7, 11) is 3.39. The fraction of sp³-hybridized carbons (Fsp3) is 0.269. The van der Waals surface area contributed by atoms with Crippen molar-refractivity contribution < 1.29 is 9.59 Å². The lowest BCUT2D eigenvalue weighted by molar-refractivity contribution is -0.155. The number of piperazine rings is 1. The van der Waals surface area contributed by atoms with Crippen LogP contribution in [0.5, 0.6) is 0 Å². The van der Waals surface area contributed by atoms with Gasteiger partial charge in [-0.15, -0.1) is 0 Å². The van der Waals surface area contributed by atoms with Gasteiger partial charge in [-0.3, -0.25) is 14.3 Å². The van der Waals surface area contributed by atoms with Gasteiger partial charge < -0.3 is 9.80 Å². The molecule has 0 bridgehead atoms. The van der Waals surface area contributed by atoms with E-state index in [0.29, 0.717) is 12.1 Å². The van der Waals surface area contributed by atoms with Gasteiger partial charge in [-0.05, 0) is 37.1 Å². The molecule has 0 radical (unpaired) electrons. The lowest BCUT2D eigenvalue weighted by Crippen LogP contribution is -2.64. The standard InChI is InChI=1S/C26H28N4O2/c1-5-30-22(15-16-27-30)21-14-10-9-13-20(21)17-23-24(31)29(4)26(2,25(32)28(23)3)18-19-11-7-6-8-12-19/h6-17H,5,18H2,1-4H3. The van der Waals surface area contributed by atoms with Crippen molar-refractivity contribution in [1.29, 1.82) is 0 Å². The number of aromatic nitrogens is 2. The van der Waals surface area contributed by atoms with E-state index in [1.807, 2.05) is 79.2 Å². The normalized spacial score (nSPS) is 20.3. The number of hydrogen-bond acceptors (Lipinski definition) is 3. The number of hydrogen-bond donors (Lipinski definition) is 0. The van der Waals surface area contributed by atoms with E-state index in [4.69, 9.17) is 0 Å². The lowest BCUT2D eigenvalue weighted by Gasteiger charge is -2.45. The van der Waals surface area contributed by atoms with Crippen LogP contribution in [0.15, 0.2) is 72.6 Å². The number of nitrogens with zero attached hydrogens (tertiary/aromatic N) is 4. The Labute approximate surface area is 188 Å². The summed E-state index contributed by atoms with van der Waals surface area (Å²) in [6.45, 7) is 4.61. The Balaban J connectivity index is 1.73. The quantitative estimate of drug-likeness (QED) is 0.580. The maximum atomic E-state index is 13.5. The molecule has 0 N–H and O–H groups in total. The van der Waals surface area contributed by atoms with Crippen LogP contribution in [0.25, 0.3) is 17.3 Å². The number of benzene rings is 2. The molecule has 1 unspecified atom stereocenters. The molecule has 1 atom stereocenters. The van der Waals surface area contributed by atoms with Gasteiger partial charge in [0.1, 0.15) is 11.2 Å². The molecule has 2 amide bonds. The fourth-order valence-corrected chi connectivity index (χ4v) is 4.32. The smallest absolute Gasteiger partial charge is 0.271 e. The number of likely N-dealkylation sites (N-methyl/N-ethyl adjacent to an activating group) is 2. The number of aryl methyl sites for hydroxylation is 1. The summed E-state index contributed by atoms with van der Waals surface area (Å²) in [6, 6.07) is 19.6. The van der Waals surface area contributed by atoms with E-state index in [1.165, 1.54) is 4.90 Å². The third-order valence-electron chi connectivity index (χ3n) is 6.33. The van der Waals surface area contributed by atoms with E-state index >= 15 is 0 Å². The molecule has 2 heterocycles. The first-order valence-corrected chi connectivity index (χ1v) is 10.8. The molecule has 164 valence electrons. The van der Waals surface area contributed by atoms with Gasteiger partial charge >= 0.3 is 0 Å². The van der Waals surface area contributed by atoms with Crippen LogP contribution in [0.4, 0.5) is 0 Å². The van der Waals surface area contributed by atoms with E-state index in [9.17, 15) is 9.59 Å². The van der Waals surface area contributed by atoms with E-state index in [0.717, 1.165) is 28.9 Å². The highest BCUT2D eigenvalue weighted by Crippen LogP contribution is 2.33. The summed E-state index contributed by atoms with van der Waals surface area (Å²) in [5.41, 5.74) is 3.23. The summed E-state index contributed by atoms with van der Waals surface area (Å²) in [5.74, 6) is -0.282. The van der Waals surface area contributed by atoms with E-state index in [2.05, 4.69) is 5.10 Å². The fourth-order valence-electron chi connectivity index (χ4n) is 4.32. The second-order valence-electron chi connectivity index (χ2n) is 8.31. The summed E-state index contributed by atoms with van der Waals surface area (Å²) in [5, 5.41) is 4.37. The van der Waals surface area contributed by atoms with Crippen molar-refractivity contribution in [3.05, 3.63) is 83.7 Å². The van der Waals surface area contributed by atoms with E-state index in [-0.39, 0.29) is 11.8 Å². The van der Waals surface area contributed by atoms with Crippen LogP contribution in [-0.4, -0.2) is 51.0 Å². The Kier molecular flexibility index (Phi) is 5.70. The first kappa shape index (κ1) is 21.6. The third-order valence-corrected chi connectivity index (χ3v) is 6.33. The maximum Gasteiger partial charge on any atom is 0.271 e. The van der Waals surface area contributed by atoms with Crippen molar-refractivity contribution in [3.8, 4) is 11.3 Å². The van der Waals surface area contributed by atoms with Crippen LogP contribution in [-0.2, 0) is 22.6 Å². The number of carbonyl (C=O) groups is 2. The van der Waals surface area contributed by atoms with Crippen molar-refractivity contribution in [1.82, 2.24) is 19.6 Å². The van der Waals surface area contributed by atoms with Gasteiger partial charge in [-0.1, -0.05) is 54.6 Å². The summed E-state index contributed by atoms with van der Waals surface area (Å²) >= 11 is 0. The van der Waals surface area contributed by atoms with Gasteiger partial charge in [-0.2, -0.15) is 5.10 Å². The van der Waals surface area contributed by atoms with Gasteiger partial charge in [0.25, 0.3) is 11.8 Å². The maximum absolute atomic E-state index is 13.5. The van der Waals surface area contributed by atoms with Gasteiger partial charge in [0.15, 0.2) is 0 Å². The highest BCUT2D eigenvalue weighted by Gasteiger charge is 2.48. The molecule has 1 aliphatic rings. The SMILES string of the molecule is CCn1nccc1-c1ccccc1C=C1C(=O)N(C)C(C)(Cc2ccccc2)C(=O)N1C. The van der Waals surface area contributed by atoms with Crippen LogP contribution >= 0.6 is 0 Å². The average molecular weight is 429 g/mol. The van der Waals surface area contributed by atoms with Gasteiger partial charge in [0.05, 0.1) is 5.69 Å². The first-order valence-electron chi connectivity index (χ1n) is 10.8. The zero-order valence-electron chi connectivity index (χ0n) is 18.9. The van der Waals surface area contributed by atoms with Crippen LogP contribution in [0.2, 0.25) is 0 Å². The number of carbonyl (C=O) groups excluding carboxylic acids is 2. The number of rotatable bonds is 5. The van der Waals surface area contributed by atoms with Crippen LogP contribution in [0, 0.1) is 0 Å². The molecular weight excluding hydrogens is 400 g/mol. The Morgan fingerprint density at radius 3 is 2.38 bits per heavy atom. The molecular formula is C26H28N4O2. The second kappa shape index (κ2) is 8.46. The van der Waals surface area contributed by atoms with E-state index in [1.54, 1.807) is 31.3 Å². The highest BCUT2D eigenvalue weighted by atomic mass is 16.2. The lowest BCUT2D eigenvalue weighted by atomic mass is 9.87. The minimum Gasteiger partial charge on any atom is -0.326 e. The monoisotopic (exact) mass is 428 g/mol. The Hall–Kier alpha value is -3.67. The Morgan fingerprint density at radius 2 is 1.66 bits per heavy atom. The first-order chi connectivity index (χ1) is 15.4. The molecule has 1 aromatic heterocycles. The van der Waals surface area contributed by atoms with Crippen LogP contribution in [0.3, 0.4) is 0 Å². The third kappa shape index (κ3) is 3.62. The predicted octanol–water partition coefficient (Wildman–Crippen LogP) is 3.84. The van der Waals surface area contributed by atoms with Crippen LogP contribution < -0.4 is 0 Å². The van der Waals surface area contributed by atoms with Crippen molar-refractivity contribution in [3.63, 3.8) is 0 Å². The minimum absolute atomic E-state index is 0.106. The molecule has 6 nitrogen and oxygen atoms in total. The van der Waals surface area contributed by atoms with Gasteiger partial charge in [0.2, 0.25) is 0 Å². The van der Waals surface area contributed by atoms with Crippen molar-refractivity contribution in [2.75, 3.05) is 14.1 Å². The molecule has 6 heteroatoms. The molecule has 0 aliphatic carbocycles. The molecule has 2 aromatic carbocycles. The summed E-state index contributed by atoms with van der Waals surface area (Å²) in [6.07, 6.45) is 4.03. The molecule has 1 fully saturated rings. The van der Waals surface area contributed by atoms with Crippen molar-refractivity contribution >= 4 is 17.9 Å². The molecule has 3 aromatic rings. The topological polar surface area (TPSA) is 58.4 Å². The molecule has 0 saturated carbocycles. The zero-order chi connectivity index (χ0) is 22.9. The van der Waals surface area contributed by atoms with Crippen LogP contribution in [0.1, 0.15) is 25.0 Å². The van der Waals surface area contributed by atoms with E-state index < -0.39 is 5.54 Å². The van der Waals surface area contributed by atoms with Gasteiger partial charge in [-0.25, -0.2) is 0 Å². The highest BCUT2D eigenvalue weighted by molar-refractivity contribution is 6.09. The molecule has 0 spiro atoms. The summed E-state index contributed by atoms with van der Waals surface area (Å²) < 4.78 is 1.91. The molecule has 1 saturated heterocycles. The molecule has 32 heavy (non-hydrogen) atoms.